The van der Waals surface area contributed by atoms with Gasteiger partial charge in [0.05, 0.1) is 16.9 Å². The van der Waals surface area contributed by atoms with Crippen LogP contribution in [-0.2, 0) is 10.5 Å². The molecule has 2 aromatic carbocycles. The van der Waals surface area contributed by atoms with Gasteiger partial charge in [-0.25, -0.2) is 15.3 Å². The summed E-state index contributed by atoms with van der Waals surface area (Å²) in [7, 11) is 1.75. The summed E-state index contributed by atoms with van der Waals surface area (Å²) in [6.45, 7) is 2.03. The Morgan fingerprint density at radius 1 is 1.12 bits per heavy atom. The molecule has 1 atom stereocenters. The SMILES string of the molecule is Cc1ccc(NC2=[NH+][C@@]3([NH+]=C(N)N2)C(=O)N(C)c2ccccc23)cc1. The van der Waals surface area contributed by atoms with E-state index in [9.17, 15) is 4.79 Å². The van der Waals surface area contributed by atoms with Gasteiger partial charge >= 0.3 is 23.5 Å². The van der Waals surface area contributed by atoms with Crippen molar-refractivity contribution in [2.24, 2.45) is 5.73 Å². The number of anilines is 2. The third kappa shape index (κ3) is 2.32. The van der Waals surface area contributed by atoms with Crippen LogP contribution in [0.4, 0.5) is 11.4 Å². The third-order valence-corrected chi connectivity index (χ3v) is 4.51. The first kappa shape index (κ1) is 15.2. The molecule has 6 N–H and O–H groups in total. The smallest absolute Gasteiger partial charge is 0.308 e. The van der Waals surface area contributed by atoms with Crippen LogP contribution in [0.25, 0.3) is 0 Å². The first-order valence-electron chi connectivity index (χ1n) is 8.04. The Bertz CT molecular complexity index is 917. The second-order valence-electron chi connectivity index (χ2n) is 6.29. The number of carbonyl (C=O) groups is 1. The standard InChI is InChI=1S/C18H18N6O/c1-11-7-9-12(10-8-11)20-17-21-16(19)22-18(23-17)13-5-3-4-6-14(13)24(2)15(18)25/h3-10H,1-2H3,(H4,19,20,21,22,23)/p+2/t18-/m1/s1. The molecule has 7 heteroatoms. The van der Waals surface area contributed by atoms with Crippen molar-refractivity contribution in [1.29, 1.82) is 0 Å². The molecule has 0 fully saturated rings. The molecule has 7 nitrogen and oxygen atoms in total. The van der Waals surface area contributed by atoms with Crippen LogP contribution in [-0.4, -0.2) is 24.9 Å². The minimum atomic E-state index is -1.13. The molecule has 0 aliphatic carbocycles. The second kappa shape index (κ2) is 5.34. The predicted octanol–water partition coefficient (Wildman–Crippen LogP) is -2.33. The summed E-state index contributed by atoms with van der Waals surface area (Å²) in [5, 5.41) is 6.24. The fourth-order valence-electron chi connectivity index (χ4n) is 3.26. The zero-order chi connectivity index (χ0) is 17.6. The fraction of sp³-hybridized carbons (Fsp3) is 0.167. The Hall–Kier alpha value is -3.35. The summed E-state index contributed by atoms with van der Waals surface area (Å²) < 4.78 is 0. The van der Waals surface area contributed by atoms with Crippen molar-refractivity contribution in [3.63, 3.8) is 0 Å². The van der Waals surface area contributed by atoms with Crippen LogP contribution in [0.1, 0.15) is 11.1 Å². The number of aryl methyl sites for hydroxylation is 1. The molecule has 2 aromatic rings. The van der Waals surface area contributed by atoms with Gasteiger partial charge in [0.25, 0.3) is 0 Å². The van der Waals surface area contributed by atoms with Crippen molar-refractivity contribution in [3.8, 4) is 0 Å². The van der Waals surface area contributed by atoms with Crippen LogP contribution in [0, 0.1) is 6.92 Å². The van der Waals surface area contributed by atoms with Gasteiger partial charge in [0.15, 0.2) is 0 Å². The largest absolute Gasteiger partial charge is 0.361 e. The van der Waals surface area contributed by atoms with E-state index in [2.05, 4.69) is 20.6 Å². The van der Waals surface area contributed by atoms with Crippen molar-refractivity contribution in [2.45, 2.75) is 12.6 Å². The van der Waals surface area contributed by atoms with Crippen LogP contribution in [0.3, 0.4) is 0 Å². The summed E-state index contributed by atoms with van der Waals surface area (Å²) in [5.74, 6) is 0.715. The number of nitrogens with zero attached hydrogens (tertiary/aromatic N) is 1. The van der Waals surface area contributed by atoms with Crippen LogP contribution in [0.15, 0.2) is 48.5 Å². The van der Waals surface area contributed by atoms with Gasteiger partial charge in [-0.05, 0) is 31.2 Å². The van der Waals surface area contributed by atoms with Crippen LogP contribution < -0.4 is 31.3 Å². The Balaban J connectivity index is 1.78. The van der Waals surface area contributed by atoms with Crippen LogP contribution >= 0.6 is 0 Å². The maximum Gasteiger partial charge on any atom is 0.361 e. The average molecular weight is 336 g/mol. The number of benzene rings is 2. The quantitative estimate of drug-likeness (QED) is 0.404. The molecule has 2 heterocycles. The first-order chi connectivity index (χ1) is 12.0. The number of guanidine groups is 2. The number of amides is 1. The molecule has 126 valence electrons. The molecule has 1 amide bonds. The first-order valence-corrected chi connectivity index (χ1v) is 8.04. The molecule has 0 saturated carbocycles. The van der Waals surface area contributed by atoms with Crippen molar-refractivity contribution < 1.29 is 14.8 Å². The van der Waals surface area contributed by atoms with Gasteiger partial charge in [-0.2, -0.15) is 5.32 Å². The Kier molecular flexibility index (Phi) is 3.24. The lowest BCUT2D eigenvalue weighted by molar-refractivity contribution is -0.789. The maximum atomic E-state index is 13.0. The number of hydrogen-bond acceptors (Lipinski definition) is 4. The van der Waals surface area contributed by atoms with Gasteiger partial charge in [0, 0.05) is 7.05 Å². The topological polar surface area (TPSA) is 98.3 Å². The number of nitrogens with two attached hydrogens (primary N) is 1. The molecule has 0 bridgehead atoms. The average Bonchev–Trinajstić information content (AvgIpc) is 2.79. The zero-order valence-electron chi connectivity index (χ0n) is 14.1. The summed E-state index contributed by atoms with van der Waals surface area (Å²) in [6, 6.07) is 15.6. The van der Waals surface area contributed by atoms with E-state index >= 15 is 0 Å². The minimum Gasteiger partial charge on any atom is -0.308 e. The number of carbonyl (C=O) groups excluding carboxylic acids is 1. The van der Waals surface area contributed by atoms with Gasteiger partial charge in [-0.15, -0.1) is 0 Å². The highest BCUT2D eigenvalue weighted by Gasteiger charge is 2.55. The zero-order valence-corrected chi connectivity index (χ0v) is 14.1. The Morgan fingerprint density at radius 2 is 1.84 bits per heavy atom. The highest BCUT2D eigenvalue weighted by Crippen LogP contribution is 2.32. The van der Waals surface area contributed by atoms with Gasteiger partial charge in [0.2, 0.25) is 0 Å². The summed E-state index contributed by atoms with van der Waals surface area (Å²) in [4.78, 5) is 20.9. The van der Waals surface area contributed by atoms with Crippen molar-refractivity contribution in [2.75, 3.05) is 17.3 Å². The number of rotatable bonds is 1. The van der Waals surface area contributed by atoms with E-state index < -0.39 is 5.66 Å². The number of nitrogens with one attached hydrogen (secondary N) is 4. The molecule has 4 rings (SSSR count). The molecule has 25 heavy (non-hydrogen) atoms. The van der Waals surface area contributed by atoms with Crippen LogP contribution in [0.5, 0.6) is 0 Å². The minimum absolute atomic E-state index is 0.124. The summed E-state index contributed by atoms with van der Waals surface area (Å²) in [5.41, 5.74) is 8.65. The molecule has 2 aliphatic rings. The van der Waals surface area contributed by atoms with E-state index in [1.54, 1.807) is 11.9 Å². The molecule has 2 aliphatic heterocycles. The highest BCUT2D eigenvalue weighted by molar-refractivity contribution is 6.07. The number of para-hydroxylation sites is 1. The second-order valence-corrected chi connectivity index (χ2v) is 6.29. The lowest BCUT2D eigenvalue weighted by atomic mass is 10.0. The molecular formula is C18H20N6O+2. The molecule has 0 saturated heterocycles. The molecule has 0 radical (unpaired) electrons. The van der Waals surface area contributed by atoms with E-state index in [4.69, 9.17) is 5.73 Å². The number of hydrogen-bond donors (Lipinski definition) is 5. The van der Waals surface area contributed by atoms with E-state index in [1.807, 2.05) is 55.5 Å². The Morgan fingerprint density at radius 3 is 2.60 bits per heavy atom. The van der Waals surface area contributed by atoms with Crippen molar-refractivity contribution >= 4 is 29.2 Å². The van der Waals surface area contributed by atoms with E-state index in [1.165, 1.54) is 5.56 Å². The highest BCUT2D eigenvalue weighted by atomic mass is 16.2. The molecule has 0 aromatic heterocycles. The van der Waals surface area contributed by atoms with Gasteiger partial charge < -0.3 is 4.90 Å². The van der Waals surface area contributed by atoms with E-state index in [-0.39, 0.29) is 5.91 Å². The predicted molar refractivity (Wildman–Crippen MR) is 95.6 cm³/mol. The van der Waals surface area contributed by atoms with Gasteiger partial charge in [0.1, 0.15) is 0 Å². The lowest BCUT2D eigenvalue weighted by Crippen LogP contribution is -3.14. The molecule has 1 spiro atoms. The Labute approximate surface area is 145 Å². The van der Waals surface area contributed by atoms with Crippen molar-refractivity contribution in [3.05, 3.63) is 59.7 Å². The van der Waals surface area contributed by atoms with Gasteiger partial charge in [-0.3, -0.25) is 10.5 Å². The van der Waals surface area contributed by atoms with E-state index in [0.29, 0.717) is 11.9 Å². The third-order valence-electron chi connectivity index (χ3n) is 4.51. The maximum absolute atomic E-state index is 13.0. The van der Waals surface area contributed by atoms with Crippen LogP contribution in [0.2, 0.25) is 0 Å². The van der Waals surface area contributed by atoms with Crippen molar-refractivity contribution in [1.82, 2.24) is 5.32 Å². The normalized spacial score (nSPS) is 21.5. The molecular weight excluding hydrogens is 316 g/mol. The monoisotopic (exact) mass is 336 g/mol. The fourth-order valence-corrected chi connectivity index (χ4v) is 3.26. The lowest BCUT2D eigenvalue weighted by Gasteiger charge is -2.22. The van der Waals surface area contributed by atoms with Gasteiger partial charge in [-0.1, -0.05) is 29.8 Å². The summed E-state index contributed by atoms with van der Waals surface area (Å²) in [6.07, 6.45) is 0. The van der Waals surface area contributed by atoms with E-state index in [0.717, 1.165) is 16.9 Å². The summed E-state index contributed by atoms with van der Waals surface area (Å²) >= 11 is 0. The number of likely N-dealkylation sites (N-methyl/N-ethyl adjacent to an activating group) is 1. The molecule has 0 unspecified atom stereocenters. The number of fused-ring (bicyclic) bond motifs is 2.